The molecule has 0 fully saturated rings. The summed E-state index contributed by atoms with van der Waals surface area (Å²) in [5.41, 5.74) is 6.04. The van der Waals surface area contributed by atoms with E-state index in [2.05, 4.69) is 0 Å². The molecule has 0 radical (unpaired) electrons. The van der Waals surface area contributed by atoms with Crippen LogP contribution in [0, 0.1) is 5.41 Å². The van der Waals surface area contributed by atoms with Crippen molar-refractivity contribution in [2.75, 3.05) is 20.8 Å². The second-order valence-electron chi connectivity index (χ2n) is 3.99. The third-order valence-corrected chi connectivity index (χ3v) is 2.53. The van der Waals surface area contributed by atoms with Gasteiger partial charge in [-0.1, -0.05) is 0 Å². The van der Waals surface area contributed by atoms with E-state index in [1.807, 2.05) is 6.92 Å². The van der Waals surface area contributed by atoms with Crippen LogP contribution in [0.2, 0.25) is 0 Å². The number of hydrogen-bond donors (Lipinski definition) is 2. The molecular formula is C13H20N2O3. The first-order valence-electron chi connectivity index (χ1n) is 5.76. The van der Waals surface area contributed by atoms with Gasteiger partial charge in [-0.15, -0.1) is 0 Å². The molecule has 5 nitrogen and oxygen atoms in total. The highest BCUT2D eigenvalue weighted by Crippen LogP contribution is 2.29. The Morgan fingerprint density at radius 3 is 2.61 bits per heavy atom. The Morgan fingerprint density at radius 1 is 1.33 bits per heavy atom. The first-order chi connectivity index (χ1) is 8.58. The zero-order valence-electron chi connectivity index (χ0n) is 11.0. The highest BCUT2D eigenvalue weighted by molar-refractivity contribution is 5.95. The van der Waals surface area contributed by atoms with Gasteiger partial charge < -0.3 is 19.9 Å². The topological polar surface area (TPSA) is 77.6 Å². The lowest BCUT2D eigenvalue weighted by Gasteiger charge is -2.17. The molecule has 18 heavy (non-hydrogen) atoms. The molecule has 1 atom stereocenters. The van der Waals surface area contributed by atoms with Crippen LogP contribution in [0.15, 0.2) is 18.2 Å². The van der Waals surface area contributed by atoms with Gasteiger partial charge in [0.1, 0.15) is 5.84 Å². The van der Waals surface area contributed by atoms with Crippen LogP contribution in [0.5, 0.6) is 11.5 Å². The smallest absolute Gasteiger partial charge is 0.161 e. The van der Waals surface area contributed by atoms with Crippen LogP contribution in [0.4, 0.5) is 0 Å². The van der Waals surface area contributed by atoms with Crippen molar-refractivity contribution >= 4 is 5.84 Å². The Morgan fingerprint density at radius 2 is 2.06 bits per heavy atom. The maximum atomic E-state index is 7.38. The van der Waals surface area contributed by atoms with E-state index in [0.29, 0.717) is 23.7 Å². The number of nitrogens with one attached hydrogen (secondary N) is 1. The van der Waals surface area contributed by atoms with Crippen LogP contribution in [0.1, 0.15) is 18.9 Å². The van der Waals surface area contributed by atoms with E-state index in [9.17, 15) is 0 Å². The number of hydrogen-bond acceptors (Lipinski definition) is 4. The van der Waals surface area contributed by atoms with Gasteiger partial charge >= 0.3 is 0 Å². The molecule has 1 aromatic carbocycles. The quantitative estimate of drug-likeness (QED) is 0.573. The summed E-state index contributed by atoms with van der Waals surface area (Å²) in [6, 6.07) is 5.20. The molecule has 0 spiro atoms. The van der Waals surface area contributed by atoms with Gasteiger partial charge in [-0.2, -0.15) is 0 Å². The molecule has 1 aromatic rings. The molecule has 0 heterocycles. The van der Waals surface area contributed by atoms with Crippen LogP contribution in [0.3, 0.4) is 0 Å². The van der Waals surface area contributed by atoms with Crippen molar-refractivity contribution in [3.05, 3.63) is 23.8 Å². The van der Waals surface area contributed by atoms with Crippen molar-refractivity contribution in [2.24, 2.45) is 5.73 Å². The van der Waals surface area contributed by atoms with Crippen molar-refractivity contribution < 1.29 is 14.2 Å². The molecule has 5 heteroatoms. The van der Waals surface area contributed by atoms with E-state index in [4.69, 9.17) is 25.4 Å². The van der Waals surface area contributed by atoms with Gasteiger partial charge in [0.2, 0.25) is 0 Å². The van der Waals surface area contributed by atoms with Crippen LogP contribution >= 0.6 is 0 Å². The Labute approximate surface area is 107 Å². The van der Waals surface area contributed by atoms with Gasteiger partial charge in [-0.25, -0.2) is 0 Å². The fraction of sp³-hybridized carbons (Fsp3) is 0.462. The fourth-order valence-corrected chi connectivity index (χ4v) is 1.49. The van der Waals surface area contributed by atoms with Crippen LogP contribution < -0.4 is 15.2 Å². The summed E-state index contributed by atoms with van der Waals surface area (Å²) in [5, 5.41) is 7.38. The lowest BCUT2D eigenvalue weighted by Crippen LogP contribution is -2.15. The molecule has 0 aliphatic heterocycles. The van der Waals surface area contributed by atoms with Crippen LogP contribution in [-0.4, -0.2) is 32.8 Å². The third kappa shape index (κ3) is 3.92. The van der Waals surface area contributed by atoms with E-state index < -0.39 is 0 Å². The second kappa shape index (κ2) is 6.86. The number of amidine groups is 1. The van der Waals surface area contributed by atoms with E-state index >= 15 is 0 Å². The largest absolute Gasteiger partial charge is 0.493 e. The minimum atomic E-state index is 0.00674. The average Bonchev–Trinajstić information content (AvgIpc) is 2.36. The number of benzene rings is 1. The highest BCUT2D eigenvalue weighted by Gasteiger charge is 2.10. The van der Waals surface area contributed by atoms with Gasteiger partial charge in [0.25, 0.3) is 0 Å². The summed E-state index contributed by atoms with van der Waals surface area (Å²) in [7, 11) is 3.22. The highest BCUT2D eigenvalue weighted by atomic mass is 16.5. The maximum absolute atomic E-state index is 7.38. The molecule has 1 rings (SSSR count). The Balaban J connectivity index is 2.79. The first kappa shape index (κ1) is 14.3. The van der Waals surface area contributed by atoms with Crippen molar-refractivity contribution in [1.29, 1.82) is 5.41 Å². The lowest BCUT2D eigenvalue weighted by atomic mass is 10.2. The van der Waals surface area contributed by atoms with Crippen LogP contribution in [-0.2, 0) is 4.74 Å². The number of ether oxygens (including phenoxy) is 3. The molecule has 3 N–H and O–H groups in total. The second-order valence-corrected chi connectivity index (χ2v) is 3.99. The van der Waals surface area contributed by atoms with E-state index in [1.54, 1.807) is 32.4 Å². The van der Waals surface area contributed by atoms with Crippen LogP contribution in [0.25, 0.3) is 0 Å². The Kier molecular flexibility index (Phi) is 5.45. The molecule has 0 aliphatic carbocycles. The van der Waals surface area contributed by atoms with Crippen molar-refractivity contribution in [1.82, 2.24) is 0 Å². The SMILES string of the molecule is COCCC(C)Oc1ccc(C(=N)N)cc1OC. The minimum absolute atomic E-state index is 0.00674. The predicted molar refractivity (Wildman–Crippen MR) is 70.6 cm³/mol. The molecule has 0 aromatic heterocycles. The summed E-state index contributed by atoms with van der Waals surface area (Å²) in [6.45, 7) is 2.62. The molecule has 0 aliphatic rings. The Hall–Kier alpha value is -1.75. The molecule has 100 valence electrons. The summed E-state index contributed by atoms with van der Waals surface area (Å²) < 4.78 is 16.0. The summed E-state index contributed by atoms with van der Waals surface area (Å²) in [5.74, 6) is 1.23. The minimum Gasteiger partial charge on any atom is -0.493 e. The van der Waals surface area contributed by atoms with Crippen molar-refractivity contribution in [2.45, 2.75) is 19.4 Å². The molecule has 1 unspecified atom stereocenters. The first-order valence-corrected chi connectivity index (χ1v) is 5.76. The molecular weight excluding hydrogens is 232 g/mol. The zero-order valence-corrected chi connectivity index (χ0v) is 11.0. The van der Waals surface area contributed by atoms with Gasteiger partial charge in [-0.05, 0) is 25.1 Å². The summed E-state index contributed by atoms with van der Waals surface area (Å²) >= 11 is 0. The van der Waals surface area contributed by atoms with Gasteiger partial charge in [0.15, 0.2) is 11.5 Å². The predicted octanol–water partition coefficient (Wildman–Crippen LogP) is 1.78. The number of methoxy groups -OCH3 is 2. The summed E-state index contributed by atoms with van der Waals surface area (Å²) in [6.07, 6.45) is 0.829. The normalized spacial score (nSPS) is 11.9. The van der Waals surface area contributed by atoms with Crippen molar-refractivity contribution in [3.8, 4) is 11.5 Å². The summed E-state index contributed by atoms with van der Waals surface area (Å²) in [4.78, 5) is 0. The number of rotatable bonds is 7. The monoisotopic (exact) mass is 252 g/mol. The maximum Gasteiger partial charge on any atom is 0.161 e. The average molecular weight is 252 g/mol. The number of nitrogens with two attached hydrogens (primary N) is 1. The van der Waals surface area contributed by atoms with Crippen molar-refractivity contribution in [3.63, 3.8) is 0 Å². The number of nitrogen functional groups attached to an aromatic ring is 1. The van der Waals surface area contributed by atoms with E-state index in [1.165, 1.54) is 0 Å². The lowest BCUT2D eigenvalue weighted by molar-refractivity contribution is 0.132. The standard InChI is InChI=1S/C13H20N2O3/c1-9(6-7-16-2)18-11-5-4-10(13(14)15)8-12(11)17-3/h4-5,8-9H,6-7H2,1-3H3,(H3,14,15). The Bertz CT molecular complexity index is 407. The van der Waals surface area contributed by atoms with Gasteiger partial charge in [-0.3, -0.25) is 5.41 Å². The fourth-order valence-electron chi connectivity index (χ4n) is 1.49. The molecule has 0 bridgehead atoms. The van der Waals surface area contributed by atoms with Gasteiger partial charge in [0, 0.05) is 25.7 Å². The molecule has 0 amide bonds. The third-order valence-electron chi connectivity index (χ3n) is 2.53. The van der Waals surface area contributed by atoms with E-state index in [0.717, 1.165) is 6.42 Å². The van der Waals surface area contributed by atoms with Gasteiger partial charge in [0.05, 0.1) is 13.2 Å². The zero-order chi connectivity index (χ0) is 13.5. The van der Waals surface area contributed by atoms with E-state index in [-0.39, 0.29) is 11.9 Å². The molecule has 0 saturated carbocycles. The molecule has 0 saturated heterocycles.